The first-order chi connectivity index (χ1) is 31.3. The van der Waals surface area contributed by atoms with E-state index < -0.39 is 0 Å². The molecule has 0 N–H and O–H groups in total. The van der Waals surface area contributed by atoms with Gasteiger partial charge in [-0.3, -0.25) is 0 Å². The van der Waals surface area contributed by atoms with Crippen LogP contribution in [0.3, 0.4) is 0 Å². The molecule has 0 aliphatic carbocycles. The summed E-state index contributed by atoms with van der Waals surface area (Å²) in [5.41, 5.74) is 15.7. The normalized spacial score (nSPS) is 11.4. The highest BCUT2D eigenvalue weighted by molar-refractivity contribution is 6.11. The Morgan fingerprint density at radius 2 is 0.938 bits per heavy atom. The summed E-state index contributed by atoms with van der Waals surface area (Å²) in [6, 6.07) is 58.4. The Morgan fingerprint density at radius 1 is 0.438 bits per heavy atom. The average Bonchev–Trinajstić information content (AvgIpc) is 3.81. The number of aryl methyl sites for hydroxylation is 4. The third kappa shape index (κ3) is 6.30. The smallest absolute Gasteiger partial charge is 0.194 e. The Kier molecular flexibility index (Phi) is 9.01. The van der Waals surface area contributed by atoms with E-state index in [0.29, 0.717) is 28.7 Å². The van der Waals surface area contributed by atoms with Crippen molar-refractivity contribution < 1.29 is 0 Å². The molecule has 0 fully saturated rings. The zero-order valence-corrected chi connectivity index (χ0v) is 35.7. The van der Waals surface area contributed by atoms with Crippen LogP contribution in [0, 0.1) is 45.6 Å². The fourth-order valence-electron chi connectivity index (χ4n) is 9.22. The highest BCUT2D eigenvalue weighted by Crippen LogP contribution is 2.42. The molecule has 11 aromatic rings. The quantitative estimate of drug-likeness (QED) is 0.157. The fourth-order valence-corrected chi connectivity index (χ4v) is 9.22. The summed E-state index contributed by atoms with van der Waals surface area (Å²) in [5.74, 6) is 1.44. The number of aromatic nitrogens is 5. The van der Waals surface area contributed by atoms with Crippen LogP contribution in [0.1, 0.15) is 27.8 Å². The van der Waals surface area contributed by atoms with E-state index in [-0.39, 0.29) is 0 Å². The van der Waals surface area contributed by atoms with Crippen molar-refractivity contribution in [2.45, 2.75) is 27.7 Å². The van der Waals surface area contributed by atoms with Crippen molar-refractivity contribution in [2.75, 3.05) is 0 Å². The number of para-hydroxylation sites is 1. The third-order valence-corrected chi connectivity index (χ3v) is 12.2. The van der Waals surface area contributed by atoms with Gasteiger partial charge in [-0.15, -0.1) is 0 Å². The van der Waals surface area contributed by atoms with Crippen LogP contribution in [0.5, 0.6) is 0 Å². The van der Waals surface area contributed by atoms with Crippen LogP contribution in [0.15, 0.2) is 164 Å². The van der Waals surface area contributed by atoms with Crippen LogP contribution in [-0.2, 0) is 0 Å². The maximum Gasteiger partial charge on any atom is 0.194 e. The minimum absolute atomic E-state index is 0.462. The minimum Gasteiger partial charge on any atom is -0.309 e. The summed E-state index contributed by atoms with van der Waals surface area (Å²) in [4.78, 5) is 20.0. The number of hydrogen-bond acceptors (Lipinski definition) is 4. The van der Waals surface area contributed by atoms with Gasteiger partial charge in [-0.1, -0.05) is 107 Å². The first-order valence-electron chi connectivity index (χ1n) is 21.3. The lowest BCUT2D eigenvalue weighted by molar-refractivity contribution is 1.06. The van der Waals surface area contributed by atoms with Gasteiger partial charge in [-0.25, -0.2) is 19.8 Å². The van der Waals surface area contributed by atoms with Gasteiger partial charge in [0.15, 0.2) is 23.2 Å². The minimum atomic E-state index is 0.462. The summed E-state index contributed by atoms with van der Waals surface area (Å²) in [5, 5.41) is 14.9. The second-order valence-electron chi connectivity index (χ2n) is 16.6. The monoisotopic (exact) mass is 821 g/mol. The number of hydrogen-bond donors (Lipinski definition) is 0. The molecule has 64 heavy (non-hydrogen) atoms. The van der Waals surface area contributed by atoms with Crippen molar-refractivity contribution in [2.24, 2.45) is 0 Å². The van der Waals surface area contributed by atoms with Gasteiger partial charge in [0.05, 0.1) is 51.6 Å². The first kappa shape index (κ1) is 38.3. The van der Waals surface area contributed by atoms with Crippen molar-refractivity contribution in [1.82, 2.24) is 24.1 Å². The molecule has 0 aliphatic rings. The van der Waals surface area contributed by atoms with Crippen LogP contribution >= 0.6 is 0 Å². The molecule has 0 bridgehead atoms. The van der Waals surface area contributed by atoms with Gasteiger partial charge in [-0.05, 0) is 118 Å². The second kappa shape index (κ2) is 15.1. The average molecular weight is 822 g/mol. The van der Waals surface area contributed by atoms with Crippen LogP contribution in [0.25, 0.3) is 105 Å². The molecular formula is C57H39N7. The van der Waals surface area contributed by atoms with Crippen LogP contribution < -0.4 is 0 Å². The lowest BCUT2D eigenvalue weighted by atomic mass is 9.99. The molecule has 8 aromatic carbocycles. The number of benzene rings is 8. The lowest BCUT2D eigenvalue weighted by Crippen LogP contribution is -2.06. The van der Waals surface area contributed by atoms with Crippen molar-refractivity contribution in [3.63, 3.8) is 0 Å². The molecular weight excluding hydrogens is 783 g/mol. The molecule has 0 radical (unpaired) electrons. The molecule has 0 aliphatic heterocycles. The van der Waals surface area contributed by atoms with Gasteiger partial charge >= 0.3 is 0 Å². The van der Waals surface area contributed by atoms with Crippen LogP contribution in [0.4, 0.5) is 5.69 Å². The number of fused-ring (bicyclic) bond motifs is 6. The summed E-state index contributed by atoms with van der Waals surface area (Å²) in [7, 11) is 0. The molecule has 302 valence electrons. The molecule has 11 rings (SSSR count). The Bertz CT molecular complexity index is 3680. The Hall–Kier alpha value is -8.65. The zero-order chi connectivity index (χ0) is 43.6. The van der Waals surface area contributed by atoms with E-state index in [9.17, 15) is 5.26 Å². The standard InChI is InChI=1S/C57H39N7/c1-34-15-22-49-43(27-34)44-28-35(2)16-23-50(44)63(49)53-26-20-40(41-13-9-10-14-48(41)59-5)32-47(53)57-61-55(39-11-7-6-8-12-39)60-56(62-57)42-21-19-38(33-58)31-54(42)64-51-24-17-36(3)29-45(51)46-30-37(4)18-25-52(46)64/h6-32H,1-4H3. The van der Waals surface area contributed by atoms with Gasteiger partial charge < -0.3 is 9.13 Å². The van der Waals surface area contributed by atoms with Gasteiger partial charge in [-0.2, -0.15) is 5.26 Å². The molecule has 0 amide bonds. The molecule has 0 unspecified atom stereocenters. The molecule has 3 aromatic heterocycles. The Morgan fingerprint density at radius 3 is 1.48 bits per heavy atom. The maximum absolute atomic E-state index is 10.3. The molecule has 7 heteroatoms. The van der Waals surface area contributed by atoms with Gasteiger partial charge in [0.2, 0.25) is 0 Å². The lowest BCUT2D eigenvalue weighted by Gasteiger charge is -2.18. The molecule has 0 atom stereocenters. The summed E-state index contributed by atoms with van der Waals surface area (Å²) in [6.07, 6.45) is 0. The van der Waals surface area contributed by atoms with E-state index in [4.69, 9.17) is 21.5 Å². The molecule has 0 spiro atoms. The predicted molar refractivity (Wildman–Crippen MR) is 260 cm³/mol. The van der Waals surface area contributed by atoms with E-state index in [1.165, 1.54) is 22.3 Å². The van der Waals surface area contributed by atoms with Gasteiger partial charge in [0.1, 0.15) is 0 Å². The van der Waals surface area contributed by atoms with Crippen molar-refractivity contribution in [3.8, 4) is 62.7 Å². The summed E-state index contributed by atoms with van der Waals surface area (Å²) in [6.45, 7) is 16.5. The SMILES string of the molecule is [C-]#[N+]c1ccccc1-c1ccc(-n2c3ccc(C)cc3c3cc(C)ccc32)c(-c2nc(-c3ccccc3)nc(-c3ccc(C#N)cc3-n3c4ccc(C)cc4c4cc(C)ccc43)n2)c1. The summed E-state index contributed by atoms with van der Waals surface area (Å²) < 4.78 is 4.55. The molecule has 3 heterocycles. The second-order valence-corrected chi connectivity index (χ2v) is 16.6. The van der Waals surface area contributed by atoms with Crippen molar-refractivity contribution in [1.29, 1.82) is 5.26 Å². The Labute approximate surface area is 370 Å². The van der Waals surface area contributed by atoms with Crippen molar-refractivity contribution >= 4 is 49.3 Å². The number of rotatable bonds is 6. The first-order valence-corrected chi connectivity index (χ1v) is 21.3. The fraction of sp³-hybridized carbons (Fsp3) is 0.0702. The van der Waals surface area contributed by atoms with E-state index in [2.05, 4.69) is 139 Å². The van der Waals surface area contributed by atoms with Crippen molar-refractivity contribution in [3.05, 3.63) is 203 Å². The largest absolute Gasteiger partial charge is 0.309 e. The maximum atomic E-state index is 10.3. The number of nitrogens with zero attached hydrogens (tertiary/aromatic N) is 7. The highest BCUT2D eigenvalue weighted by Gasteiger charge is 2.24. The van der Waals surface area contributed by atoms with Gasteiger partial charge in [0.25, 0.3) is 0 Å². The molecule has 0 saturated heterocycles. The third-order valence-electron chi connectivity index (χ3n) is 12.2. The highest BCUT2D eigenvalue weighted by atomic mass is 15.1. The topological polar surface area (TPSA) is 76.7 Å². The molecule has 0 saturated carbocycles. The van der Waals surface area contributed by atoms with E-state index >= 15 is 0 Å². The predicted octanol–water partition coefficient (Wildman–Crippen LogP) is 14.4. The van der Waals surface area contributed by atoms with Crippen LogP contribution in [0.2, 0.25) is 0 Å². The molecule has 7 nitrogen and oxygen atoms in total. The summed E-state index contributed by atoms with van der Waals surface area (Å²) >= 11 is 0. The van der Waals surface area contributed by atoms with Gasteiger partial charge in [0, 0.05) is 38.2 Å². The van der Waals surface area contributed by atoms with E-state index in [1.54, 1.807) is 0 Å². The van der Waals surface area contributed by atoms with E-state index in [0.717, 1.165) is 82.8 Å². The van der Waals surface area contributed by atoms with E-state index in [1.807, 2.05) is 72.8 Å². The Balaban J connectivity index is 1.24. The number of nitriles is 1. The zero-order valence-electron chi connectivity index (χ0n) is 35.7. The van der Waals surface area contributed by atoms with Crippen LogP contribution in [-0.4, -0.2) is 24.1 Å².